The molecule has 4 rings (SSSR count). The summed E-state index contributed by atoms with van der Waals surface area (Å²) < 4.78 is 86.1. The second-order valence-electron chi connectivity index (χ2n) is 9.47. The maximum absolute atomic E-state index is 15.4. The van der Waals surface area contributed by atoms with Crippen molar-refractivity contribution in [3.63, 3.8) is 0 Å². The van der Waals surface area contributed by atoms with E-state index in [1.54, 1.807) is 13.0 Å². The lowest BCUT2D eigenvalue weighted by Gasteiger charge is -2.23. The first-order chi connectivity index (χ1) is 17.6. The third-order valence-electron chi connectivity index (χ3n) is 6.86. The lowest BCUT2D eigenvalue weighted by atomic mass is 9.79. The van der Waals surface area contributed by atoms with Gasteiger partial charge < -0.3 is 0 Å². The number of carbonyl (C=O) groups is 1. The average molecular weight is 537 g/mol. The van der Waals surface area contributed by atoms with Crippen LogP contribution in [0, 0.1) is 10.1 Å². The highest BCUT2D eigenvalue weighted by atomic mass is 19.4. The van der Waals surface area contributed by atoms with Crippen molar-refractivity contribution in [2.75, 3.05) is 0 Å². The van der Waals surface area contributed by atoms with E-state index in [0.717, 1.165) is 16.8 Å². The van der Waals surface area contributed by atoms with Crippen LogP contribution in [0.4, 0.5) is 32.0 Å². The van der Waals surface area contributed by atoms with Gasteiger partial charge in [-0.1, -0.05) is 44.2 Å². The van der Waals surface area contributed by atoms with Gasteiger partial charge in [-0.25, -0.2) is 9.07 Å². The summed E-state index contributed by atoms with van der Waals surface area (Å²) in [6.07, 6.45) is -8.33. The molecule has 0 fully saturated rings. The molecule has 0 radical (unpaired) electrons. The quantitative estimate of drug-likeness (QED) is 0.137. The number of benzene rings is 2. The Kier molecular flexibility index (Phi) is 6.49. The summed E-state index contributed by atoms with van der Waals surface area (Å²) >= 11 is 0. The van der Waals surface area contributed by atoms with E-state index in [4.69, 9.17) is 0 Å². The Bertz CT molecular complexity index is 1440. The Hall–Kier alpha value is -3.96. The van der Waals surface area contributed by atoms with Crippen LogP contribution in [-0.4, -0.2) is 26.7 Å². The van der Waals surface area contributed by atoms with Gasteiger partial charge in [-0.15, -0.1) is 0 Å². The Balaban J connectivity index is 1.87. The molecule has 0 aliphatic carbocycles. The number of rotatable bonds is 7. The Labute approximate surface area is 212 Å². The minimum atomic E-state index is -6.04. The molecule has 0 saturated carbocycles. The molecule has 1 aliphatic heterocycles. The summed E-state index contributed by atoms with van der Waals surface area (Å²) in [4.78, 5) is 23.6. The van der Waals surface area contributed by atoms with Gasteiger partial charge in [0.15, 0.2) is 11.5 Å². The van der Waals surface area contributed by atoms with Crippen LogP contribution >= 0.6 is 0 Å². The normalized spacial score (nSPS) is 15.9. The molecule has 1 aliphatic rings. The number of nitro groups is 1. The van der Waals surface area contributed by atoms with Gasteiger partial charge in [0.05, 0.1) is 16.2 Å². The molecule has 6 nitrogen and oxygen atoms in total. The first kappa shape index (κ1) is 27.1. The number of halogens is 6. The number of alkyl halides is 6. The summed E-state index contributed by atoms with van der Waals surface area (Å²) in [6.45, 7) is 4.61. The summed E-state index contributed by atoms with van der Waals surface area (Å²) in [5.74, 6) is -6.53. The number of non-ortho nitro benzene ring substituents is 1. The molecule has 0 bridgehead atoms. The van der Waals surface area contributed by atoms with Gasteiger partial charge in [-0.05, 0) is 30.2 Å². The molecule has 12 heteroatoms. The van der Waals surface area contributed by atoms with E-state index in [1.807, 2.05) is 0 Å². The lowest BCUT2D eigenvalue weighted by molar-refractivity contribution is -0.384. The van der Waals surface area contributed by atoms with E-state index >= 15 is 4.39 Å². The number of hydrogen-bond donors (Lipinski definition) is 0. The van der Waals surface area contributed by atoms with Gasteiger partial charge in [-0.3, -0.25) is 14.9 Å². The molecule has 0 N–H and O–H groups in total. The third-order valence-corrected chi connectivity index (χ3v) is 6.86. The zero-order valence-corrected chi connectivity index (χ0v) is 20.3. The molecule has 2 heterocycles. The predicted molar refractivity (Wildman–Crippen MR) is 126 cm³/mol. The molecule has 0 amide bonds. The largest absolute Gasteiger partial charge is 0.459 e. The van der Waals surface area contributed by atoms with Crippen molar-refractivity contribution in [3.8, 4) is 0 Å². The number of carbonyl (C=O) groups excluding carboxylic acids is 1. The van der Waals surface area contributed by atoms with Crippen molar-refractivity contribution >= 4 is 17.2 Å². The van der Waals surface area contributed by atoms with E-state index in [-0.39, 0.29) is 28.2 Å². The summed E-state index contributed by atoms with van der Waals surface area (Å²) in [7, 11) is 0. The first-order valence-corrected chi connectivity index (χ1v) is 11.4. The summed E-state index contributed by atoms with van der Waals surface area (Å²) in [5.41, 5.74) is -3.99. The van der Waals surface area contributed by atoms with Crippen molar-refractivity contribution in [2.45, 2.75) is 50.9 Å². The van der Waals surface area contributed by atoms with Gasteiger partial charge >= 0.3 is 12.1 Å². The molecule has 38 heavy (non-hydrogen) atoms. The van der Waals surface area contributed by atoms with E-state index in [2.05, 4.69) is 5.10 Å². The highest BCUT2D eigenvalue weighted by Gasteiger charge is 2.63. The summed E-state index contributed by atoms with van der Waals surface area (Å²) in [5, 5.41) is 14.5. The zero-order valence-electron chi connectivity index (χ0n) is 20.3. The Morgan fingerprint density at radius 3 is 2.16 bits per heavy atom. The van der Waals surface area contributed by atoms with Crippen molar-refractivity contribution in [1.29, 1.82) is 0 Å². The van der Waals surface area contributed by atoms with Crippen LogP contribution in [0.15, 0.2) is 60.2 Å². The van der Waals surface area contributed by atoms with Gasteiger partial charge in [0.1, 0.15) is 6.17 Å². The molecule has 1 atom stereocenters. The molecule has 200 valence electrons. The van der Waals surface area contributed by atoms with Crippen molar-refractivity contribution < 1.29 is 36.1 Å². The number of hydrogen-bond acceptors (Lipinski definition) is 4. The molecule has 0 saturated heterocycles. The third kappa shape index (κ3) is 4.27. The van der Waals surface area contributed by atoms with Gasteiger partial charge in [0, 0.05) is 35.2 Å². The van der Waals surface area contributed by atoms with Gasteiger partial charge in [0.25, 0.3) is 5.69 Å². The smallest absolute Gasteiger partial charge is 0.288 e. The minimum Gasteiger partial charge on any atom is -0.288 e. The molecular formula is C26H21F6N3O3. The SMILES string of the molecule is CC1=C(CC(F)c2ccc([N+](=O)[O-])cc2)n2nc(C(F)(F)C(F)(F)F)c(C(=O)c3ccccc3)c2C1(C)C. The maximum Gasteiger partial charge on any atom is 0.459 e. The van der Waals surface area contributed by atoms with Crippen LogP contribution in [-0.2, 0) is 11.3 Å². The average Bonchev–Trinajstić information content (AvgIpc) is 3.35. The maximum atomic E-state index is 15.4. The van der Waals surface area contributed by atoms with Crippen LogP contribution in [0.5, 0.6) is 0 Å². The van der Waals surface area contributed by atoms with Crippen LogP contribution in [0.2, 0.25) is 0 Å². The first-order valence-electron chi connectivity index (χ1n) is 11.4. The predicted octanol–water partition coefficient (Wildman–Crippen LogP) is 7.30. The number of fused-ring (bicyclic) bond motifs is 1. The van der Waals surface area contributed by atoms with Gasteiger partial charge in [-0.2, -0.15) is 27.1 Å². The van der Waals surface area contributed by atoms with Crippen LogP contribution in [0.1, 0.15) is 66.2 Å². The molecule has 1 unspecified atom stereocenters. The van der Waals surface area contributed by atoms with Crippen molar-refractivity contribution in [3.05, 3.63) is 98.4 Å². The minimum absolute atomic E-state index is 0.0159. The number of allylic oxidation sites excluding steroid dienone is 2. The fourth-order valence-electron chi connectivity index (χ4n) is 4.52. The monoisotopic (exact) mass is 537 g/mol. The van der Waals surface area contributed by atoms with E-state index < -0.39 is 52.1 Å². The van der Waals surface area contributed by atoms with E-state index in [0.29, 0.717) is 5.57 Å². The molecule has 2 aromatic carbocycles. The van der Waals surface area contributed by atoms with Crippen LogP contribution in [0.3, 0.4) is 0 Å². The van der Waals surface area contributed by atoms with E-state index in [1.165, 1.54) is 50.2 Å². The second-order valence-corrected chi connectivity index (χ2v) is 9.47. The Morgan fingerprint density at radius 1 is 1.05 bits per heavy atom. The number of aromatic nitrogens is 2. The second kappa shape index (κ2) is 9.10. The molecular weight excluding hydrogens is 516 g/mol. The fourth-order valence-corrected chi connectivity index (χ4v) is 4.52. The number of ketones is 1. The topological polar surface area (TPSA) is 78.0 Å². The molecule has 3 aromatic rings. The van der Waals surface area contributed by atoms with E-state index in [9.17, 15) is 36.9 Å². The fraction of sp³-hybridized carbons (Fsp3) is 0.308. The van der Waals surface area contributed by atoms with Crippen molar-refractivity contribution in [2.24, 2.45) is 0 Å². The summed E-state index contributed by atoms with van der Waals surface area (Å²) in [6, 6.07) is 11.6. The standard InChI is InChI=1S/C26H21F6N3O3/c1-14-19(13-18(27)15-9-11-17(12-10-15)35(37)38)34-23(24(14,2)3)20(21(36)16-7-5-4-6-8-16)22(33-34)25(28,29)26(30,31)32/h4-12,18H,13H2,1-3H3. The van der Waals surface area contributed by atoms with Crippen molar-refractivity contribution in [1.82, 2.24) is 9.78 Å². The molecule has 1 aromatic heterocycles. The Morgan fingerprint density at radius 2 is 1.63 bits per heavy atom. The molecule has 0 spiro atoms. The number of nitrogens with zero attached hydrogens (tertiary/aromatic N) is 3. The highest BCUT2D eigenvalue weighted by molar-refractivity contribution is 6.11. The van der Waals surface area contributed by atoms with Gasteiger partial charge in [0.2, 0.25) is 0 Å². The number of nitro benzene ring substituents is 1. The van der Waals surface area contributed by atoms with Crippen LogP contribution in [0.25, 0.3) is 5.70 Å². The highest BCUT2D eigenvalue weighted by Crippen LogP contribution is 2.52. The van der Waals surface area contributed by atoms with Crippen LogP contribution < -0.4 is 0 Å². The zero-order chi connectivity index (χ0) is 28.2. The lowest BCUT2D eigenvalue weighted by Crippen LogP contribution is -2.36.